The van der Waals surface area contributed by atoms with Gasteiger partial charge in [0.25, 0.3) is 0 Å². The molecule has 0 aliphatic carbocycles. The zero-order chi connectivity index (χ0) is 11.4. The molecule has 0 radical (unpaired) electrons. The molecular formula is C12H14ClNO2. The molecule has 1 aliphatic heterocycles. The van der Waals surface area contributed by atoms with Crippen LogP contribution in [0.25, 0.3) is 0 Å². The van der Waals surface area contributed by atoms with E-state index >= 15 is 0 Å². The van der Waals surface area contributed by atoms with E-state index in [1.54, 1.807) is 7.11 Å². The van der Waals surface area contributed by atoms with Crippen molar-refractivity contribution in [3.63, 3.8) is 0 Å². The molecule has 1 saturated heterocycles. The maximum Gasteiger partial charge on any atom is 0.199 e. The molecule has 1 aromatic carbocycles. The molecule has 3 nitrogen and oxygen atoms in total. The highest BCUT2D eigenvalue weighted by atomic mass is 35.5. The third kappa shape index (κ3) is 2.31. The molecule has 2 rings (SSSR count). The molecule has 1 heterocycles. The molecule has 2 atom stereocenters. The van der Waals surface area contributed by atoms with Crippen molar-refractivity contribution >= 4 is 11.6 Å². The Morgan fingerprint density at radius 3 is 2.81 bits per heavy atom. The van der Waals surface area contributed by atoms with Crippen molar-refractivity contribution in [1.29, 1.82) is 0 Å². The second-order valence-corrected chi connectivity index (χ2v) is 3.85. The van der Waals surface area contributed by atoms with Crippen molar-refractivity contribution in [2.75, 3.05) is 13.7 Å². The van der Waals surface area contributed by atoms with Gasteiger partial charge in [0, 0.05) is 7.11 Å². The van der Waals surface area contributed by atoms with E-state index in [1.807, 2.05) is 30.3 Å². The lowest BCUT2D eigenvalue weighted by Crippen LogP contribution is -2.30. The summed E-state index contributed by atoms with van der Waals surface area (Å²) in [6, 6.07) is 10.1. The number of hydrogen-bond donors (Lipinski definition) is 1. The van der Waals surface area contributed by atoms with Crippen LogP contribution in [0.2, 0.25) is 0 Å². The molecule has 1 fully saturated rings. The van der Waals surface area contributed by atoms with Crippen molar-refractivity contribution in [3.8, 4) is 0 Å². The van der Waals surface area contributed by atoms with Crippen LogP contribution in [0, 0.1) is 0 Å². The molecule has 0 unspecified atom stereocenters. The normalized spacial score (nSPS) is 26.5. The van der Waals surface area contributed by atoms with Crippen LogP contribution in [0.1, 0.15) is 11.7 Å². The number of halogens is 1. The fourth-order valence-electron chi connectivity index (χ4n) is 1.82. The van der Waals surface area contributed by atoms with E-state index in [0.717, 1.165) is 5.56 Å². The molecule has 1 N–H and O–H groups in total. The first-order valence-corrected chi connectivity index (χ1v) is 5.56. The van der Waals surface area contributed by atoms with E-state index in [2.05, 4.69) is 5.32 Å². The minimum atomic E-state index is -0.0499. The average Bonchev–Trinajstić information content (AvgIpc) is 2.74. The summed E-state index contributed by atoms with van der Waals surface area (Å²) in [5.74, 6) is 0.595. The maximum absolute atomic E-state index is 5.70. The number of methoxy groups -OCH3 is 1. The number of hydrogen-bond acceptors (Lipinski definition) is 3. The highest BCUT2D eigenvalue weighted by molar-refractivity contribution is 6.25. The second-order valence-electron chi connectivity index (χ2n) is 3.63. The van der Waals surface area contributed by atoms with Crippen LogP contribution in [0.3, 0.4) is 0 Å². The van der Waals surface area contributed by atoms with E-state index < -0.39 is 0 Å². The van der Waals surface area contributed by atoms with Gasteiger partial charge in [0.2, 0.25) is 0 Å². The van der Waals surface area contributed by atoms with Crippen LogP contribution in [0.4, 0.5) is 0 Å². The van der Waals surface area contributed by atoms with Crippen molar-refractivity contribution in [2.24, 2.45) is 0 Å². The Morgan fingerprint density at radius 1 is 1.44 bits per heavy atom. The Bertz CT molecular complexity index is 367. The Balaban J connectivity index is 2.18. The third-order valence-electron chi connectivity index (χ3n) is 2.52. The van der Waals surface area contributed by atoms with Crippen LogP contribution in [-0.4, -0.2) is 19.8 Å². The van der Waals surface area contributed by atoms with E-state index in [1.165, 1.54) is 5.54 Å². The molecule has 1 aliphatic rings. The standard InChI is InChI=1S/C12H14ClNO2/c1-15-8-10-12(16-11(7-13)14-10)9-5-3-2-4-6-9/h2-7,10,12,14H,8H2,1H3/b11-7-/t10-,12-/m0/s1. The molecule has 0 bridgehead atoms. The van der Waals surface area contributed by atoms with Crippen LogP contribution >= 0.6 is 11.6 Å². The lowest BCUT2D eigenvalue weighted by Gasteiger charge is -2.16. The van der Waals surface area contributed by atoms with E-state index in [9.17, 15) is 0 Å². The fraction of sp³-hybridized carbons (Fsp3) is 0.333. The molecule has 0 saturated carbocycles. The zero-order valence-electron chi connectivity index (χ0n) is 9.02. The summed E-state index contributed by atoms with van der Waals surface area (Å²) < 4.78 is 10.9. The van der Waals surface area contributed by atoms with Crippen molar-refractivity contribution in [2.45, 2.75) is 12.1 Å². The first kappa shape index (κ1) is 11.3. The lowest BCUT2D eigenvalue weighted by atomic mass is 10.0. The molecule has 0 spiro atoms. The van der Waals surface area contributed by atoms with Gasteiger partial charge in [0.05, 0.1) is 18.2 Å². The Kier molecular flexibility index (Phi) is 3.70. The topological polar surface area (TPSA) is 30.5 Å². The van der Waals surface area contributed by atoms with Gasteiger partial charge in [-0.15, -0.1) is 0 Å². The SMILES string of the molecule is COC[C@@H]1N/C(=C/Cl)O[C@H]1c1ccccc1. The molecule has 0 aromatic heterocycles. The van der Waals surface area contributed by atoms with Crippen molar-refractivity contribution in [3.05, 3.63) is 47.3 Å². The van der Waals surface area contributed by atoms with Gasteiger partial charge in [-0.25, -0.2) is 0 Å². The predicted octanol–water partition coefficient (Wildman–Crippen LogP) is 2.40. The van der Waals surface area contributed by atoms with Crippen LogP contribution < -0.4 is 5.32 Å². The molecule has 86 valence electrons. The van der Waals surface area contributed by atoms with Gasteiger partial charge < -0.3 is 14.8 Å². The average molecular weight is 240 g/mol. The van der Waals surface area contributed by atoms with E-state index in [4.69, 9.17) is 21.1 Å². The van der Waals surface area contributed by atoms with E-state index in [-0.39, 0.29) is 12.1 Å². The first-order valence-electron chi connectivity index (χ1n) is 5.12. The lowest BCUT2D eigenvalue weighted by molar-refractivity contribution is 0.107. The number of rotatable bonds is 3. The second kappa shape index (κ2) is 5.23. The minimum Gasteiger partial charge on any atom is -0.468 e. The highest BCUT2D eigenvalue weighted by Gasteiger charge is 2.32. The Morgan fingerprint density at radius 2 is 2.19 bits per heavy atom. The van der Waals surface area contributed by atoms with Gasteiger partial charge in [-0.3, -0.25) is 0 Å². The van der Waals surface area contributed by atoms with Gasteiger partial charge in [-0.05, 0) is 5.56 Å². The van der Waals surface area contributed by atoms with Crippen LogP contribution in [0.15, 0.2) is 41.8 Å². The molecular weight excluding hydrogens is 226 g/mol. The van der Waals surface area contributed by atoms with Crippen molar-refractivity contribution < 1.29 is 9.47 Å². The highest BCUT2D eigenvalue weighted by Crippen LogP contribution is 2.30. The summed E-state index contributed by atoms with van der Waals surface area (Å²) in [7, 11) is 1.67. The smallest absolute Gasteiger partial charge is 0.199 e. The first-order chi connectivity index (χ1) is 7.85. The quantitative estimate of drug-likeness (QED) is 0.879. The van der Waals surface area contributed by atoms with Gasteiger partial charge in [0.1, 0.15) is 6.10 Å². The number of ether oxygens (including phenoxy) is 2. The molecule has 4 heteroatoms. The zero-order valence-corrected chi connectivity index (χ0v) is 9.78. The van der Waals surface area contributed by atoms with Crippen LogP contribution in [-0.2, 0) is 9.47 Å². The Labute approximate surface area is 100 Å². The van der Waals surface area contributed by atoms with Crippen molar-refractivity contribution in [1.82, 2.24) is 5.32 Å². The maximum atomic E-state index is 5.70. The predicted molar refractivity (Wildman–Crippen MR) is 63.0 cm³/mol. The molecule has 0 amide bonds. The van der Waals surface area contributed by atoms with Gasteiger partial charge >= 0.3 is 0 Å². The summed E-state index contributed by atoms with van der Waals surface area (Å²) in [6.07, 6.45) is -0.0499. The summed E-state index contributed by atoms with van der Waals surface area (Å²) >= 11 is 5.64. The molecule has 16 heavy (non-hydrogen) atoms. The largest absolute Gasteiger partial charge is 0.468 e. The fourth-order valence-corrected chi connectivity index (χ4v) is 1.93. The Hall–Kier alpha value is -1.19. The summed E-state index contributed by atoms with van der Waals surface area (Å²) in [5, 5.41) is 3.17. The minimum absolute atomic E-state index is 0.0499. The summed E-state index contributed by atoms with van der Waals surface area (Å²) in [6.45, 7) is 0.577. The summed E-state index contributed by atoms with van der Waals surface area (Å²) in [4.78, 5) is 0. The monoisotopic (exact) mass is 239 g/mol. The summed E-state index contributed by atoms with van der Waals surface area (Å²) in [5.41, 5.74) is 2.52. The van der Waals surface area contributed by atoms with E-state index in [0.29, 0.717) is 12.5 Å². The van der Waals surface area contributed by atoms with Crippen LogP contribution in [0.5, 0.6) is 0 Å². The van der Waals surface area contributed by atoms with Gasteiger partial charge in [-0.2, -0.15) is 0 Å². The third-order valence-corrected chi connectivity index (χ3v) is 2.72. The van der Waals surface area contributed by atoms with Gasteiger partial charge in [0.15, 0.2) is 5.88 Å². The number of nitrogens with one attached hydrogen (secondary N) is 1. The van der Waals surface area contributed by atoms with Gasteiger partial charge in [-0.1, -0.05) is 41.9 Å². The molecule has 1 aromatic rings. The number of benzene rings is 1.